The largest absolute Gasteiger partial charge is 0.493 e. The van der Waals surface area contributed by atoms with Crippen LogP contribution in [0.1, 0.15) is 16.7 Å². The highest BCUT2D eigenvalue weighted by Gasteiger charge is 2.13. The maximum atomic E-state index is 14.2. The Kier molecular flexibility index (Phi) is 6.53. The van der Waals surface area contributed by atoms with Gasteiger partial charge < -0.3 is 9.47 Å². The molecule has 0 fully saturated rings. The highest BCUT2D eigenvalue weighted by atomic mass is 79.9. The summed E-state index contributed by atoms with van der Waals surface area (Å²) in [6, 6.07) is 26.1. The molecule has 0 saturated heterocycles. The minimum Gasteiger partial charge on any atom is -0.493 e. The van der Waals surface area contributed by atoms with Gasteiger partial charge in [0.25, 0.3) is 0 Å². The third-order valence-electron chi connectivity index (χ3n) is 5.13. The average Bonchev–Trinajstić information content (AvgIpc) is 2.82. The Morgan fingerprint density at radius 2 is 1.75 bits per heavy atom. The van der Waals surface area contributed by atoms with Crippen molar-refractivity contribution >= 4 is 38.4 Å². The van der Waals surface area contributed by atoms with E-state index in [2.05, 4.69) is 40.2 Å². The molecule has 158 valence electrons. The molecule has 0 N–H and O–H groups in total. The van der Waals surface area contributed by atoms with Gasteiger partial charge in [-0.3, -0.25) is 0 Å². The summed E-state index contributed by atoms with van der Waals surface area (Å²) in [5.74, 6) is 0.637. The zero-order valence-electron chi connectivity index (χ0n) is 17.3. The van der Waals surface area contributed by atoms with Crippen molar-refractivity contribution in [2.75, 3.05) is 7.11 Å². The van der Waals surface area contributed by atoms with Gasteiger partial charge in [-0.05, 0) is 46.2 Å². The molecule has 0 radical (unpaired) electrons. The van der Waals surface area contributed by atoms with Crippen LogP contribution in [-0.2, 0) is 6.61 Å². The predicted molar refractivity (Wildman–Crippen MR) is 129 cm³/mol. The van der Waals surface area contributed by atoms with Crippen molar-refractivity contribution in [1.82, 2.24) is 0 Å². The van der Waals surface area contributed by atoms with Crippen LogP contribution in [0.3, 0.4) is 0 Å². The Labute approximate surface area is 194 Å². The highest BCUT2D eigenvalue weighted by Crippen LogP contribution is 2.36. The quantitative estimate of drug-likeness (QED) is 0.210. The van der Waals surface area contributed by atoms with Gasteiger partial charge in [0.1, 0.15) is 12.4 Å². The molecule has 0 amide bonds. The first-order valence-corrected chi connectivity index (χ1v) is 10.7. The van der Waals surface area contributed by atoms with Gasteiger partial charge in [0.05, 0.1) is 18.8 Å². The minimum absolute atomic E-state index is 0.218. The molecule has 32 heavy (non-hydrogen) atoms. The average molecular weight is 488 g/mol. The Morgan fingerprint density at radius 1 is 1.00 bits per heavy atom. The molecule has 0 saturated carbocycles. The van der Waals surface area contributed by atoms with Gasteiger partial charge in [-0.25, -0.2) is 4.39 Å². The lowest BCUT2D eigenvalue weighted by atomic mass is 10.0. The van der Waals surface area contributed by atoms with E-state index < -0.39 is 5.82 Å². The van der Waals surface area contributed by atoms with Crippen LogP contribution in [0.4, 0.5) is 4.39 Å². The van der Waals surface area contributed by atoms with Crippen molar-refractivity contribution in [1.29, 1.82) is 5.26 Å². The van der Waals surface area contributed by atoms with Crippen molar-refractivity contribution in [3.05, 3.63) is 106 Å². The molecule has 3 nitrogen and oxygen atoms in total. The first-order valence-electron chi connectivity index (χ1n) is 9.94. The molecule has 0 atom stereocenters. The summed E-state index contributed by atoms with van der Waals surface area (Å²) in [7, 11) is 1.56. The molecule has 0 heterocycles. The van der Waals surface area contributed by atoms with Crippen molar-refractivity contribution in [2.24, 2.45) is 0 Å². The normalized spacial score (nSPS) is 11.2. The van der Waals surface area contributed by atoms with Gasteiger partial charge in [0.2, 0.25) is 0 Å². The molecule has 0 bridgehead atoms. The van der Waals surface area contributed by atoms with Gasteiger partial charge in [-0.15, -0.1) is 0 Å². The standard InChI is InChI=1S/C27H19BrFNO2/c1-31-26-14-20(13-21(16-30)23-11-4-5-12-25(23)29)24(28)15-27(26)32-17-19-9-6-8-18-7-2-3-10-22(18)19/h2-15H,17H2,1H3/b21-13-. The first-order chi connectivity index (χ1) is 15.6. The molecule has 0 unspecified atom stereocenters. The smallest absolute Gasteiger partial charge is 0.162 e. The van der Waals surface area contributed by atoms with E-state index in [0.29, 0.717) is 28.1 Å². The number of hydrogen-bond acceptors (Lipinski definition) is 3. The predicted octanol–water partition coefficient (Wildman–Crippen LogP) is 7.39. The number of methoxy groups -OCH3 is 1. The summed E-state index contributed by atoms with van der Waals surface area (Å²) < 4.78 is 26.5. The molecule has 0 aromatic heterocycles. The van der Waals surface area contributed by atoms with E-state index in [9.17, 15) is 9.65 Å². The Morgan fingerprint density at radius 3 is 2.53 bits per heavy atom. The van der Waals surface area contributed by atoms with Crippen LogP contribution in [0.15, 0.2) is 83.3 Å². The second-order valence-electron chi connectivity index (χ2n) is 7.10. The van der Waals surface area contributed by atoms with Crippen molar-refractivity contribution in [3.63, 3.8) is 0 Å². The lowest BCUT2D eigenvalue weighted by Crippen LogP contribution is -1.99. The number of fused-ring (bicyclic) bond motifs is 1. The summed E-state index contributed by atoms with van der Waals surface area (Å²) in [4.78, 5) is 0. The van der Waals surface area contributed by atoms with Gasteiger partial charge >= 0.3 is 0 Å². The number of nitrogens with zero attached hydrogens (tertiary/aromatic N) is 1. The van der Waals surface area contributed by atoms with Gasteiger partial charge in [0, 0.05) is 10.0 Å². The fourth-order valence-electron chi connectivity index (χ4n) is 3.51. The number of benzene rings is 4. The SMILES string of the molecule is COc1cc(/C=C(/C#N)c2ccccc2F)c(Br)cc1OCc1cccc2ccccc12. The van der Waals surface area contributed by atoms with Crippen LogP contribution in [0.25, 0.3) is 22.4 Å². The summed E-state index contributed by atoms with van der Waals surface area (Å²) >= 11 is 3.54. The van der Waals surface area contributed by atoms with Gasteiger partial charge in [0.15, 0.2) is 11.5 Å². The second kappa shape index (κ2) is 9.67. The molecule has 4 aromatic rings. The number of nitriles is 1. The van der Waals surface area contributed by atoms with Crippen molar-refractivity contribution in [2.45, 2.75) is 6.61 Å². The molecule has 4 rings (SSSR count). The molecule has 5 heteroatoms. The monoisotopic (exact) mass is 487 g/mol. The number of allylic oxidation sites excluding steroid dienone is 1. The fourth-order valence-corrected chi connectivity index (χ4v) is 3.95. The summed E-state index contributed by atoms with van der Waals surface area (Å²) in [6.07, 6.45) is 1.62. The zero-order chi connectivity index (χ0) is 22.5. The van der Waals surface area contributed by atoms with E-state index >= 15 is 0 Å². The van der Waals surface area contributed by atoms with Crippen molar-refractivity contribution < 1.29 is 13.9 Å². The Balaban J connectivity index is 1.65. The first kappa shape index (κ1) is 21.6. The number of halogens is 2. The molecule has 0 aliphatic rings. The van der Waals surface area contributed by atoms with Gasteiger partial charge in [-0.1, -0.05) is 76.6 Å². The summed E-state index contributed by atoms with van der Waals surface area (Å²) in [5, 5.41) is 11.9. The third kappa shape index (κ3) is 4.51. The maximum Gasteiger partial charge on any atom is 0.162 e. The van der Waals surface area contributed by atoms with E-state index in [1.54, 1.807) is 43.5 Å². The molecule has 0 spiro atoms. The Hall–Kier alpha value is -3.62. The lowest BCUT2D eigenvalue weighted by Gasteiger charge is -2.14. The molecule has 0 aliphatic heterocycles. The number of ether oxygens (including phenoxy) is 2. The van der Waals surface area contributed by atoms with Crippen LogP contribution < -0.4 is 9.47 Å². The fraction of sp³-hybridized carbons (Fsp3) is 0.0741. The molecule has 4 aromatic carbocycles. The van der Waals surface area contributed by atoms with E-state index in [1.165, 1.54) is 6.07 Å². The van der Waals surface area contributed by atoms with Crippen LogP contribution in [-0.4, -0.2) is 7.11 Å². The topological polar surface area (TPSA) is 42.2 Å². The summed E-state index contributed by atoms with van der Waals surface area (Å²) in [6.45, 7) is 0.373. The van der Waals surface area contributed by atoms with E-state index in [0.717, 1.165) is 16.3 Å². The second-order valence-corrected chi connectivity index (χ2v) is 7.96. The van der Waals surface area contributed by atoms with Crippen LogP contribution in [0, 0.1) is 17.1 Å². The number of rotatable bonds is 6. The Bertz CT molecular complexity index is 1350. The number of hydrogen-bond donors (Lipinski definition) is 0. The zero-order valence-corrected chi connectivity index (χ0v) is 18.9. The summed E-state index contributed by atoms with van der Waals surface area (Å²) in [5.41, 5.74) is 2.21. The highest BCUT2D eigenvalue weighted by molar-refractivity contribution is 9.10. The van der Waals surface area contributed by atoms with Crippen molar-refractivity contribution in [3.8, 4) is 17.6 Å². The molecular weight excluding hydrogens is 469 g/mol. The molecular formula is C27H19BrFNO2. The van der Waals surface area contributed by atoms with E-state index in [-0.39, 0.29) is 11.1 Å². The third-order valence-corrected chi connectivity index (χ3v) is 5.82. The van der Waals surface area contributed by atoms with E-state index in [1.807, 2.05) is 24.3 Å². The minimum atomic E-state index is -0.446. The van der Waals surface area contributed by atoms with Crippen LogP contribution >= 0.6 is 15.9 Å². The van der Waals surface area contributed by atoms with Crippen LogP contribution in [0.2, 0.25) is 0 Å². The van der Waals surface area contributed by atoms with Gasteiger partial charge in [-0.2, -0.15) is 5.26 Å². The van der Waals surface area contributed by atoms with Crippen LogP contribution in [0.5, 0.6) is 11.5 Å². The van der Waals surface area contributed by atoms with E-state index in [4.69, 9.17) is 9.47 Å². The lowest BCUT2D eigenvalue weighted by molar-refractivity contribution is 0.285. The molecule has 0 aliphatic carbocycles. The maximum absolute atomic E-state index is 14.2.